The summed E-state index contributed by atoms with van der Waals surface area (Å²) in [4.78, 5) is 24.6. The Morgan fingerprint density at radius 3 is 2.75 bits per heavy atom. The second-order valence-electron chi connectivity index (χ2n) is 3.89. The highest BCUT2D eigenvalue weighted by Crippen LogP contribution is 2.28. The fourth-order valence-corrected chi connectivity index (χ4v) is 2.21. The number of ketones is 1. The van der Waals surface area contributed by atoms with E-state index in [9.17, 15) is 9.59 Å². The molecule has 0 bridgehead atoms. The molecule has 0 unspecified atom stereocenters. The van der Waals surface area contributed by atoms with Crippen molar-refractivity contribution < 1.29 is 9.59 Å². The summed E-state index contributed by atoms with van der Waals surface area (Å²) in [5.41, 5.74) is 1.93. The SMILES string of the molecule is Cc1c(Br)cccc1N1CCC(=O)CC1=O. The van der Waals surface area contributed by atoms with E-state index in [0.717, 1.165) is 15.7 Å². The molecule has 0 aromatic heterocycles. The number of amides is 1. The number of carbonyl (C=O) groups is 2. The van der Waals surface area contributed by atoms with Gasteiger partial charge in [-0.25, -0.2) is 0 Å². The van der Waals surface area contributed by atoms with Gasteiger partial charge in [-0.15, -0.1) is 0 Å². The standard InChI is InChI=1S/C12H12BrNO2/c1-8-10(13)3-2-4-11(8)14-6-5-9(15)7-12(14)16/h2-4H,5-7H2,1H3. The van der Waals surface area contributed by atoms with Crippen LogP contribution in [0.1, 0.15) is 18.4 Å². The molecule has 2 rings (SSSR count). The molecular formula is C12H12BrNO2. The molecule has 0 radical (unpaired) electrons. The van der Waals surface area contributed by atoms with Crippen LogP contribution in [0.15, 0.2) is 22.7 Å². The maximum Gasteiger partial charge on any atom is 0.234 e. The average Bonchev–Trinajstić information content (AvgIpc) is 2.23. The minimum Gasteiger partial charge on any atom is -0.311 e. The maximum absolute atomic E-state index is 11.8. The summed E-state index contributed by atoms with van der Waals surface area (Å²) in [6, 6.07) is 5.75. The molecule has 1 amide bonds. The Labute approximate surface area is 103 Å². The molecule has 16 heavy (non-hydrogen) atoms. The average molecular weight is 282 g/mol. The number of carbonyl (C=O) groups excluding carboxylic acids is 2. The summed E-state index contributed by atoms with van der Waals surface area (Å²) >= 11 is 3.44. The van der Waals surface area contributed by atoms with Crippen molar-refractivity contribution in [3.8, 4) is 0 Å². The van der Waals surface area contributed by atoms with Gasteiger partial charge in [0.2, 0.25) is 5.91 Å². The molecule has 1 saturated heterocycles. The van der Waals surface area contributed by atoms with Crippen molar-refractivity contribution in [1.29, 1.82) is 0 Å². The van der Waals surface area contributed by atoms with E-state index in [0.29, 0.717) is 13.0 Å². The van der Waals surface area contributed by atoms with E-state index < -0.39 is 0 Å². The van der Waals surface area contributed by atoms with Crippen LogP contribution in [-0.4, -0.2) is 18.2 Å². The van der Waals surface area contributed by atoms with Gasteiger partial charge in [-0.3, -0.25) is 9.59 Å². The predicted octanol–water partition coefficient (Wildman–Crippen LogP) is 2.45. The van der Waals surface area contributed by atoms with Crippen LogP contribution in [0.4, 0.5) is 5.69 Å². The van der Waals surface area contributed by atoms with Gasteiger partial charge in [0, 0.05) is 23.1 Å². The van der Waals surface area contributed by atoms with Gasteiger partial charge in [0.05, 0.1) is 6.42 Å². The molecule has 1 aliphatic rings. The predicted molar refractivity (Wildman–Crippen MR) is 65.5 cm³/mol. The van der Waals surface area contributed by atoms with E-state index in [4.69, 9.17) is 0 Å². The molecule has 1 aromatic rings. The second kappa shape index (κ2) is 4.37. The molecule has 0 spiro atoms. The van der Waals surface area contributed by atoms with Crippen molar-refractivity contribution in [3.63, 3.8) is 0 Å². The number of Topliss-reactive ketones (excluding diaryl/α,β-unsaturated/α-hetero) is 1. The van der Waals surface area contributed by atoms with Gasteiger partial charge in [-0.1, -0.05) is 22.0 Å². The zero-order valence-corrected chi connectivity index (χ0v) is 10.6. The summed E-state index contributed by atoms with van der Waals surface area (Å²) in [5, 5.41) is 0. The largest absolute Gasteiger partial charge is 0.311 e. The highest BCUT2D eigenvalue weighted by Gasteiger charge is 2.25. The first-order chi connectivity index (χ1) is 7.59. The van der Waals surface area contributed by atoms with Crippen LogP contribution >= 0.6 is 15.9 Å². The van der Waals surface area contributed by atoms with E-state index in [1.165, 1.54) is 0 Å². The molecule has 0 atom stereocenters. The second-order valence-corrected chi connectivity index (χ2v) is 4.75. The van der Waals surface area contributed by atoms with Crippen LogP contribution in [0.2, 0.25) is 0 Å². The van der Waals surface area contributed by atoms with Crippen molar-refractivity contribution in [2.75, 3.05) is 11.4 Å². The molecule has 4 heteroatoms. The van der Waals surface area contributed by atoms with Gasteiger partial charge in [0.1, 0.15) is 5.78 Å². The van der Waals surface area contributed by atoms with Crippen molar-refractivity contribution in [1.82, 2.24) is 0 Å². The molecule has 0 N–H and O–H groups in total. The number of hydrogen-bond acceptors (Lipinski definition) is 2. The minimum atomic E-state index is -0.0996. The van der Waals surface area contributed by atoms with Crippen molar-refractivity contribution in [2.24, 2.45) is 0 Å². The van der Waals surface area contributed by atoms with Gasteiger partial charge in [-0.2, -0.15) is 0 Å². The Morgan fingerprint density at radius 2 is 2.06 bits per heavy atom. The number of benzene rings is 1. The van der Waals surface area contributed by atoms with Crippen LogP contribution < -0.4 is 4.90 Å². The third-order valence-corrected chi connectivity index (χ3v) is 3.65. The molecule has 1 aliphatic heterocycles. The van der Waals surface area contributed by atoms with Crippen molar-refractivity contribution in [2.45, 2.75) is 19.8 Å². The highest BCUT2D eigenvalue weighted by atomic mass is 79.9. The number of halogens is 1. The molecule has 84 valence electrons. The summed E-state index contributed by atoms with van der Waals surface area (Å²) in [7, 11) is 0. The molecule has 1 fully saturated rings. The van der Waals surface area contributed by atoms with Gasteiger partial charge in [0.25, 0.3) is 0 Å². The number of anilines is 1. The zero-order chi connectivity index (χ0) is 11.7. The third-order valence-electron chi connectivity index (χ3n) is 2.79. The lowest BCUT2D eigenvalue weighted by Gasteiger charge is -2.27. The first-order valence-electron chi connectivity index (χ1n) is 5.17. The van der Waals surface area contributed by atoms with Crippen LogP contribution in [0, 0.1) is 6.92 Å². The van der Waals surface area contributed by atoms with E-state index >= 15 is 0 Å². The molecule has 0 aliphatic carbocycles. The molecule has 1 heterocycles. The molecular weight excluding hydrogens is 270 g/mol. The Bertz CT molecular complexity index is 456. The van der Waals surface area contributed by atoms with Gasteiger partial charge in [-0.05, 0) is 24.6 Å². The van der Waals surface area contributed by atoms with E-state index in [2.05, 4.69) is 15.9 Å². The first-order valence-corrected chi connectivity index (χ1v) is 5.96. The lowest BCUT2D eigenvalue weighted by atomic mass is 10.1. The van der Waals surface area contributed by atoms with E-state index in [1.807, 2.05) is 25.1 Å². The lowest BCUT2D eigenvalue weighted by molar-refractivity contribution is -0.128. The fraction of sp³-hybridized carbons (Fsp3) is 0.333. The van der Waals surface area contributed by atoms with Crippen molar-refractivity contribution in [3.05, 3.63) is 28.2 Å². The smallest absolute Gasteiger partial charge is 0.234 e. The Balaban J connectivity index is 2.34. The number of hydrogen-bond donors (Lipinski definition) is 0. The number of piperidine rings is 1. The minimum absolute atomic E-state index is 0.0337. The van der Waals surface area contributed by atoms with Crippen LogP contribution in [0.5, 0.6) is 0 Å². The summed E-state index contributed by atoms with van der Waals surface area (Å²) in [6.07, 6.45) is 0.490. The lowest BCUT2D eigenvalue weighted by Crippen LogP contribution is -2.39. The first kappa shape index (κ1) is 11.3. The van der Waals surface area contributed by atoms with Crippen LogP contribution in [0.25, 0.3) is 0 Å². The maximum atomic E-state index is 11.8. The molecule has 3 nitrogen and oxygen atoms in total. The number of rotatable bonds is 1. The number of nitrogens with zero attached hydrogens (tertiary/aromatic N) is 1. The zero-order valence-electron chi connectivity index (χ0n) is 9.00. The van der Waals surface area contributed by atoms with Gasteiger partial charge in [0.15, 0.2) is 0 Å². The van der Waals surface area contributed by atoms with E-state index in [-0.39, 0.29) is 18.1 Å². The summed E-state index contributed by atoms with van der Waals surface area (Å²) in [5.74, 6) is -0.0636. The van der Waals surface area contributed by atoms with Crippen LogP contribution in [-0.2, 0) is 9.59 Å². The van der Waals surface area contributed by atoms with Crippen LogP contribution in [0.3, 0.4) is 0 Å². The van der Waals surface area contributed by atoms with E-state index in [1.54, 1.807) is 4.90 Å². The normalized spacial score (nSPS) is 16.8. The monoisotopic (exact) mass is 281 g/mol. The summed E-state index contributed by atoms with van der Waals surface area (Å²) < 4.78 is 0.981. The topological polar surface area (TPSA) is 37.4 Å². The van der Waals surface area contributed by atoms with Crippen molar-refractivity contribution >= 4 is 33.3 Å². The van der Waals surface area contributed by atoms with Gasteiger partial charge >= 0.3 is 0 Å². The molecule has 0 saturated carbocycles. The Kier molecular flexibility index (Phi) is 3.10. The summed E-state index contributed by atoms with van der Waals surface area (Å²) in [6.45, 7) is 2.46. The third kappa shape index (κ3) is 2.02. The van der Waals surface area contributed by atoms with Gasteiger partial charge < -0.3 is 4.90 Å². The Hall–Kier alpha value is -1.16. The molecule has 1 aromatic carbocycles. The Morgan fingerprint density at radius 1 is 1.31 bits per heavy atom. The quantitative estimate of drug-likeness (QED) is 0.742. The highest BCUT2D eigenvalue weighted by molar-refractivity contribution is 9.10. The fourth-order valence-electron chi connectivity index (χ4n) is 1.86.